The third-order valence-electron chi connectivity index (χ3n) is 2.95. The highest BCUT2D eigenvalue weighted by molar-refractivity contribution is 7.92. The maximum atomic E-state index is 12.5. The normalized spacial score (nSPS) is 11.4. The lowest BCUT2D eigenvalue weighted by atomic mass is 10.1. The lowest BCUT2D eigenvalue weighted by Gasteiger charge is -2.12. The van der Waals surface area contributed by atoms with Gasteiger partial charge in [0, 0.05) is 6.54 Å². The van der Waals surface area contributed by atoms with Crippen LogP contribution in [0.5, 0.6) is 0 Å². The molecule has 0 unspecified atom stereocenters. The smallest absolute Gasteiger partial charge is 0.262 e. The number of hydrogen-bond acceptors (Lipinski definition) is 3. The number of rotatable bonds is 4. The van der Waals surface area contributed by atoms with Crippen LogP contribution in [0.2, 0.25) is 10.0 Å². The van der Waals surface area contributed by atoms with E-state index in [1.165, 1.54) is 12.1 Å². The van der Waals surface area contributed by atoms with Gasteiger partial charge in [-0.15, -0.1) is 0 Å². The predicted molar refractivity (Wildman–Crippen MR) is 86.3 cm³/mol. The molecule has 3 N–H and O–H groups in total. The summed E-state index contributed by atoms with van der Waals surface area (Å²) >= 11 is 11.7. The van der Waals surface area contributed by atoms with Gasteiger partial charge in [-0.1, -0.05) is 35.3 Å². The van der Waals surface area contributed by atoms with Crippen molar-refractivity contribution in [2.45, 2.75) is 18.4 Å². The first-order valence-electron chi connectivity index (χ1n) is 6.11. The van der Waals surface area contributed by atoms with E-state index in [1.54, 1.807) is 31.2 Å². The second-order valence-corrected chi connectivity index (χ2v) is 7.00. The molecule has 0 aliphatic heterocycles. The van der Waals surface area contributed by atoms with E-state index in [2.05, 4.69) is 4.72 Å². The molecule has 0 bridgehead atoms. The molecule has 0 spiro atoms. The van der Waals surface area contributed by atoms with Crippen molar-refractivity contribution in [1.82, 2.24) is 0 Å². The first kappa shape index (κ1) is 16.1. The largest absolute Gasteiger partial charge is 0.326 e. The zero-order chi connectivity index (χ0) is 15.6. The predicted octanol–water partition coefficient (Wildman–Crippen LogP) is 3.56. The molecule has 0 aliphatic carbocycles. The minimum absolute atomic E-state index is 0.191. The average Bonchev–Trinajstić information content (AvgIpc) is 2.43. The zero-order valence-electron chi connectivity index (χ0n) is 11.2. The van der Waals surface area contributed by atoms with Gasteiger partial charge in [0.05, 0.1) is 20.6 Å². The Labute approximate surface area is 133 Å². The third-order valence-corrected chi connectivity index (χ3v) is 5.21. The Bertz CT molecular complexity index is 777. The van der Waals surface area contributed by atoms with E-state index in [0.29, 0.717) is 16.3 Å². The van der Waals surface area contributed by atoms with Crippen LogP contribution in [0.15, 0.2) is 41.3 Å². The molecule has 21 heavy (non-hydrogen) atoms. The van der Waals surface area contributed by atoms with Crippen molar-refractivity contribution in [1.29, 1.82) is 0 Å². The molecule has 2 rings (SSSR count). The van der Waals surface area contributed by atoms with Gasteiger partial charge < -0.3 is 5.73 Å². The number of halogens is 2. The summed E-state index contributed by atoms with van der Waals surface area (Å²) in [5.41, 5.74) is 7.29. The number of benzene rings is 2. The molecule has 0 amide bonds. The number of anilines is 1. The average molecular weight is 345 g/mol. The molecule has 0 heterocycles. The Hall–Kier alpha value is -1.27. The van der Waals surface area contributed by atoms with Crippen LogP contribution in [-0.4, -0.2) is 8.42 Å². The lowest BCUT2D eigenvalue weighted by Crippen LogP contribution is -2.15. The summed E-state index contributed by atoms with van der Waals surface area (Å²) in [5, 5.41) is 0.644. The van der Waals surface area contributed by atoms with E-state index in [-0.39, 0.29) is 16.5 Å². The maximum absolute atomic E-state index is 12.5. The first-order chi connectivity index (χ1) is 9.83. The van der Waals surface area contributed by atoms with Crippen molar-refractivity contribution >= 4 is 38.9 Å². The van der Waals surface area contributed by atoms with Crippen LogP contribution in [0.1, 0.15) is 11.1 Å². The Morgan fingerprint density at radius 1 is 1.10 bits per heavy atom. The molecular formula is C14H14Cl2N2O2S. The molecule has 7 heteroatoms. The fraction of sp³-hybridized carbons (Fsp3) is 0.143. The lowest BCUT2D eigenvalue weighted by molar-refractivity contribution is 0.600. The Kier molecular flexibility index (Phi) is 4.78. The van der Waals surface area contributed by atoms with Gasteiger partial charge in [-0.25, -0.2) is 8.42 Å². The second-order valence-electron chi connectivity index (χ2n) is 4.54. The van der Waals surface area contributed by atoms with Crippen LogP contribution in [0.25, 0.3) is 0 Å². The van der Waals surface area contributed by atoms with Crippen LogP contribution in [-0.2, 0) is 16.6 Å². The van der Waals surface area contributed by atoms with Gasteiger partial charge >= 0.3 is 0 Å². The second kappa shape index (κ2) is 6.23. The van der Waals surface area contributed by atoms with Crippen LogP contribution in [0.3, 0.4) is 0 Å². The first-order valence-corrected chi connectivity index (χ1v) is 8.35. The maximum Gasteiger partial charge on any atom is 0.262 e. The molecule has 0 saturated heterocycles. The standard InChI is InChI=1S/C14H14Cl2N2O2S/c1-9-2-3-10(8-17)6-14(9)21(19,20)18-11-4-5-12(15)13(16)7-11/h2-7,18H,8,17H2,1H3. The van der Waals surface area contributed by atoms with E-state index in [9.17, 15) is 8.42 Å². The fourth-order valence-electron chi connectivity index (χ4n) is 1.83. The fourth-order valence-corrected chi connectivity index (χ4v) is 3.47. The van der Waals surface area contributed by atoms with Gasteiger partial charge in [-0.05, 0) is 42.3 Å². The molecule has 0 radical (unpaired) electrons. The summed E-state index contributed by atoms with van der Waals surface area (Å²) in [4.78, 5) is 0.191. The summed E-state index contributed by atoms with van der Waals surface area (Å²) in [6.07, 6.45) is 0. The molecule has 0 atom stereocenters. The number of hydrogen-bond donors (Lipinski definition) is 2. The molecule has 0 aliphatic rings. The topological polar surface area (TPSA) is 72.2 Å². The monoisotopic (exact) mass is 344 g/mol. The van der Waals surface area contributed by atoms with Crippen molar-refractivity contribution in [2.24, 2.45) is 5.73 Å². The summed E-state index contributed by atoms with van der Waals surface area (Å²) in [6.45, 7) is 2.00. The summed E-state index contributed by atoms with van der Waals surface area (Å²) < 4.78 is 27.4. The number of aryl methyl sites for hydroxylation is 1. The van der Waals surface area contributed by atoms with Crippen molar-refractivity contribution in [3.05, 3.63) is 57.6 Å². The Balaban J connectivity index is 2.40. The van der Waals surface area contributed by atoms with Crippen LogP contribution in [0.4, 0.5) is 5.69 Å². The number of sulfonamides is 1. The highest BCUT2D eigenvalue weighted by Gasteiger charge is 2.17. The van der Waals surface area contributed by atoms with Gasteiger partial charge in [0.2, 0.25) is 0 Å². The Morgan fingerprint density at radius 2 is 1.81 bits per heavy atom. The van der Waals surface area contributed by atoms with Gasteiger partial charge in [-0.3, -0.25) is 4.72 Å². The van der Waals surface area contributed by atoms with Crippen LogP contribution >= 0.6 is 23.2 Å². The molecule has 4 nitrogen and oxygen atoms in total. The SMILES string of the molecule is Cc1ccc(CN)cc1S(=O)(=O)Nc1ccc(Cl)c(Cl)c1. The summed E-state index contributed by atoms with van der Waals surface area (Å²) in [6, 6.07) is 9.64. The van der Waals surface area contributed by atoms with E-state index in [4.69, 9.17) is 28.9 Å². The molecule has 0 saturated carbocycles. The van der Waals surface area contributed by atoms with E-state index >= 15 is 0 Å². The number of nitrogens with two attached hydrogens (primary N) is 1. The minimum Gasteiger partial charge on any atom is -0.326 e. The molecule has 112 valence electrons. The van der Waals surface area contributed by atoms with Crippen molar-refractivity contribution in [3.63, 3.8) is 0 Å². The number of nitrogens with one attached hydrogen (secondary N) is 1. The van der Waals surface area contributed by atoms with E-state index < -0.39 is 10.0 Å². The summed E-state index contributed by atoms with van der Waals surface area (Å²) in [5.74, 6) is 0. The van der Waals surface area contributed by atoms with Gasteiger partial charge in [0.25, 0.3) is 10.0 Å². The highest BCUT2D eigenvalue weighted by Crippen LogP contribution is 2.27. The molecule has 0 aromatic heterocycles. The third kappa shape index (κ3) is 3.68. The zero-order valence-corrected chi connectivity index (χ0v) is 13.6. The van der Waals surface area contributed by atoms with Gasteiger partial charge in [0.1, 0.15) is 0 Å². The van der Waals surface area contributed by atoms with Gasteiger partial charge in [-0.2, -0.15) is 0 Å². The molecule has 2 aromatic rings. The molecule has 0 fully saturated rings. The molecular weight excluding hydrogens is 331 g/mol. The van der Waals surface area contributed by atoms with Crippen molar-refractivity contribution in [2.75, 3.05) is 4.72 Å². The quantitative estimate of drug-likeness (QED) is 0.890. The van der Waals surface area contributed by atoms with E-state index in [1.807, 2.05) is 0 Å². The highest BCUT2D eigenvalue weighted by atomic mass is 35.5. The van der Waals surface area contributed by atoms with Gasteiger partial charge in [0.15, 0.2) is 0 Å². The van der Waals surface area contributed by atoms with Crippen LogP contribution in [0, 0.1) is 6.92 Å². The Morgan fingerprint density at radius 3 is 2.43 bits per heavy atom. The molecule has 2 aromatic carbocycles. The van der Waals surface area contributed by atoms with Crippen LogP contribution < -0.4 is 10.5 Å². The van der Waals surface area contributed by atoms with Crippen molar-refractivity contribution in [3.8, 4) is 0 Å². The minimum atomic E-state index is -3.71. The van der Waals surface area contributed by atoms with Crippen molar-refractivity contribution < 1.29 is 8.42 Å². The summed E-state index contributed by atoms with van der Waals surface area (Å²) in [7, 11) is -3.71. The van der Waals surface area contributed by atoms with E-state index in [0.717, 1.165) is 5.56 Å².